The van der Waals surface area contributed by atoms with Gasteiger partial charge in [0.15, 0.2) is 11.5 Å². The average molecular weight is 259 g/mol. The Morgan fingerprint density at radius 3 is 2.68 bits per heavy atom. The molecular weight excluding hydrogens is 246 g/mol. The number of carbonyl (C=O) groups excluding carboxylic acids is 2. The van der Waals surface area contributed by atoms with E-state index in [4.69, 9.17) is 4.74 Å². The number of aromatic hydroxyl groups is 1. The standard InChI is InChI=1S/C14H13NO4/c1-3-4-8-5-9(13(17)11(6-8)19-2)10-7-12(16)15-14(10)18/h3,5-7,17H,1,4H2,2H3,(H,15,16,18). The van der Waals surface area contributed by atoms with E-state index in [1.54, 1.807) is 18.2 Å². The number of nitrogens with one attached hydrogen (secondary N) is 1. The number of phenolic OH excluding ortho intramolecular Hbond substituents is 1. The van der Waals surface area contributed by atoms with E-state index < -0.39 is 11.8 Å². The van der Waals surface area contributed by atoms with Gasteiger partial charge in [0.25, 0.3) is 11.8 Å². The van der Waals surface area contributed by atoms with Gasteiger partial charge in [0.1, 0.15) is 0 Å². The van der Waals surface area contributed by atoms with Crippen molar-refractivity contribution >= 4 is 17.4 Å². The normalized spacial score (nSPS) is 14.1. The van der Waals surface area contributed by atoms with Crippen LogP contribution in [0.5, 0.6) is 11.5 Å². The fourth-order valence-corrected chi connectivity index (χ4v) is 1.92. The van der Waals surface area contributed by atoms with E-state index in [2.05, 4.69) is 11.9 Å². The maximum absolute atomic E-state index is 11.6. The molecule has 0 fully saturated rings. The lowest BCUT2D eigenvalue weighted by Crippen LogP contribution is -2.21. The number of benzene rings is 1. The molecule has 1 aliphatic rings. The van der Waals surface area contributed by atoms with Crippen molar-refractivity contribution in [1.29, 1.82) is 0 Å². The molecule has 1 aromatic rings. The summed E-state index contributed by atoms with van der Waals surface area (Å²) in [6.45, 7) is 3.64. The van der Waals surface area contributed by atoms with Crippen LogP contribution in [-0.4, -0.2) is 24.0 Å². The Morgan fingerprint density at radius 2 is 2.16 bits per heavy atom. The third-order valence-electron chi connectivity index (χ3n) is 2.78. The lowest BCUT2D eigenvalue weighted by molar-refractivity contribution is -0.123. The van der Waals surface area contributed by atoms with Crippen LogP contribution >= 0.6 is 0 Å². The first kappa shape index (κ1) is 12.9. The van der Waals surface area contributed by atoms with Gasteiger partial charge in [-0.15, -0.1) is 6.58 Å². The molecule has 5 nitrogen and oxygen atoms in total. The van der Waals surface area contributed by atoms with Crippen molar-refractivity contribution in [2.45, 2.75) is 6.42 Å². The second kappa shape index (κ2) is 4.97. The zero-order valence-corrected chi connectivity index (χ0v) is 10.4. The Morgan fingerprint density at radius 1 is 1.42 bits per heavy atom. The topological polar surface area (TPSA) is 75.6 Å². The molecule has 0 saturated heterocycles. The molecular formula is C14H13NO4. The summed E-state index contributed by atoms with van der Waals surface area (Å²) in [5, 5.41) is 12.2. The van der Waals surface area contributed by atoms with Crippen molar-refractivity contribution in [1.82, 2.24) is 5.32 Å². The highest BCUT2D eigenvalue weighted by molar-refractivity contribution is 6.34. The molecule has 0 unspecified atom stereocenters. The number of phenols is 1. The third-order valence-corrected chi connectivity index (χ3v) is 2.78. The van der Waals surface area contributed by atoms with Crippen LogP contribution in [0.4, 0.5) is 0 Å². The molecule has 5 heteroatoms. The van der Waals surface area contributed by atoms with E-state index in [1.165, 1.54) is 7.11 Å². The Balaban J connectivity index is 2.58. The van der Waals surface area contributed by atoms with Gasteiger partial charge in [0, 0.05) is 11.6 Å². The summed E-state index contributed by atoms with van der Waals surface area (Å²) in [6.07, 6.45) is 3.42. The van der Waals surface area contributed by atoms with E-state index in [0.717, 1.165) is 11.6 Å². The van der Waals surface area contributed by atoms with Crippen LogP contribution in [0.25, 0.3) is 5.57 Å². The van der Waals surface area contributed by atoms with Crippen molar-refractivity contribution in [3.05, 3.63) is 42.0 Å². The molecule has 1 heterocycles. The number of amides is 2. The highest BCUT2D eigenvalue weighted by Crippen LogP contribution is 2.36. The van der Waals surface area contributed by atoms with E-state index in [-0.39, 0.29) is 22.6 Å². The van der Waals surface area contributed by atoms with Gasteiger partial charge in [0.05, 0.1) is 12.7 Å². The van der Waals surface area contributed by atoms with Gasteiger partial charge in [-0.3, -0.25) is 14.9 Å². The summed E-state index contributed by atoms with van der Waals surface area (Å²) in [6, 6.07) is 3.30. The molecule has 0 spiro atoms. The predicted molar refractivity (Wildman–Crippen MR) is 69.7 cm³/mol. The minimum atomic E-state index is -0.530. The first-order valence-corrected chi connectivity index (χ1v) is 5.65. The van der Waals surface area contributed by atoms with Crippen LogP contribution in [0.2, 0.25) is 0 Å². The Hall–Kier alpha value is -2.56. The van der Waals surface area contributed by atoms with Crippen LogP contribution < -0.4 is 10.1 Å². The largest absolute Gasteiger partial charge is 0.504 e. The number of allylic oxidation sites excluding steroid dienone is 1. The van der Waals surface area contributed by atoms with Crippen molar-refractivity contribution < 1.29 is 19.4 Å². The van der Waals surface area contributed by atoms with Gasteiger partial charge in [-0.2, -0.15) is 0 Å². The summed E-state index contributed by atoms with van der Waals surface area (Å²) >= 11 is 0. The molecule has 98 valence electrons. The van der Waals surface area contributed by atoms with Gasteiger partial charge >= 0.3 is 0 Å². The molecule has 0 aromatic heterocycles. The number of ether oxygens (including phenoxy) is 1. The SMILES string of the molecule is C=CCc1cc(OC)c(O)c(C2=CC(=O)NC2=O)c1. The zero-order chi connectivity index (χ0) is 14.0. The predicted octanol–water partition coefficient (Wildman–Crippen LogP) is 1.17. The third kappa shape index (κ3) is 2.35. The van der Waals surface area contributed by atoms with E-state index >= 15 is 0 Å². The quantitative estimate of drug-likeness (QED) is 0.628. The smallest absolute Gasteiger partial charge is 0.259 e. The van der Waals surface area contributed by atoms with Crippen molar-refractivity contribution in [3.8, 4) is 11.5 Å². The maximum Gasteiger partial charge on any atom is 0.259 e. The zero-order valence-electron chi connectivity index (χ0n) is 10.4. The Labute approximate surface area is 110 Å². The van der Waals surface area contributed by atoms with Crippen molar-refractivity contribution in [3.63, 3.8) is 0 Å². The van der Waals surface area contributed by atoms with E-state index in [1.807, 2.05) is 0 Å². The number of hydrogen-bond acceptors (Lipinski definition) is 4. The number of carbonyl (C=O) groups is 2. The molecule has 0 bridgehead atoms. The molecule has 1 aromatic carbocycles. The van der Waals surface area contributed by atoms with Crippen LogP contribution in [0.1, 0.15) is 11.1 Å². The molecule has 2 amide bonds. The van der Waals surface area contributed by atoms with Gasteiger partial charge < -0.3 is 9.84 Å². The monoisotopic (exact) mass is 259 g/mol. The van der Waals surface area contributed by atoms with Gasteiger partial charge in [-0.1, -0.05) is 6.08 Å². The van der Waals surface area contributed by atoms with E-state index in [0.29, 0.717) is 6.42 Å². The average Bonchev–Trinajstić information content (AvgIpc) is 2.70. The fraction of sp³-hybridized carbons (Fsp3) is 0.143. The summed E-state index contributed by atoms with van der Waals surface area (Å²) in [5.74, 6) is -0.931. The molecule has 2 N–H and O–H groups in total. The van der Waals surface area contributed by atoms with Crippen molar-refractivity contribution in [2.75, 3.05) is 7.11 Å². The summed E-state index contributed by atoms with van der Waals surface area (Å²) in [7, 11) is 1.42. The van der Waals surface area contributed by atoms with Crippen LogP contribution in [-0.2, 0) is 16.0 Å². The molecule has 2 rings (SSSR count). The lowest BCUT2D eigenvalue weighted by atomic mass is 10.00. The van der Waals surface area contributed by atoms with Crippen LogP contribution in [0.15, 0.2) is 30.9 Å². The molecule has 19 heavy (non-hydrogen) atoms. The molecule has 0 saturated carbocycles. The number of hydrogen-bond donors (Lipinski definition) is 2. The summed E-state index contributed by atoms with van der Waals surface area (Å²) in [5.41, 5.74) is 1.24. The van der Waals surface area contributed by atoms with Gasteiger partial charge in [-0.05, 0) is 24.1 Å². The molecule has 0 aliphatic carbocycles. The minimum Gasteiger partial charge on any atom is -0.504 e. The fourth-order valence-electron chi connectivity index (χ4n) is 1.92. The summed E-state index contributed by atoms with van der Waals surface area (Å²) < 4.78 is 5.07. The van der Waals surface area contributed by atoms with Crippen LogP contribution in [0.3, 0.4) is 0 Å². The van der Waals surface area contributed by atoms with Crippen LogP contribution in [0, 0.1) is 0 Å². The second-order valence-corrected chi connectivity index (χ2v) is 4.06. The molecule has 0 radical (unpaired) electrons. The second-order valence-electron chi connectivity index (χ2n) is 4.06. The maximum atomic E-state index is 11.6. The number of methoxy groups -OCH3 is 1. The summed E-state index contributed by atoms with van der Waals surface area (Å²) in [4.78, 5) is 22.8. The molecule has 1 aliphatic heterocycles. The minimum absolute atomic E-state index is 0.131. The highest BCUT2D eigenvalue weighted by Gasteiger charge is 2.26. The number of rotatable bonds is 4. The lowest BCUT2D eigenvalue weighted by Gasteiger charge is -2.11. The van der Waals surface area contributed by atoms with Gasteiger partial charge in [-0.25, -0.2) is 0 Å². The van der Waals surface area contributed by atoms with Gasteiger partial charge in [0.2, 0.25) is 0 Å². The first-order valence-electron chi connectivity index (χ1n) is 5.65. The first-order chi connectivity index (χ1) is 9.06. The Kier molecular flexibility index (Phi) is 3.37. The Bertz CT molecular complexity index is 602. The molecule has 0 atom stereocenters. The number of imide groups is 1. The van der Waals surface area contributed by atoms with Crippen molar-refractivity contribution in [2.24, 2.45) is 0 Å². The van der Waals surface area contributed by atoms with E-state index in [9.17, 15) is 14.7 Å². The highest BCUT2D eigenvalue weighted by atomic mass is 16.5.